The fraction of sp³-hybridized carbons (Fsp3) is 0.136. The first-order chi connectivity index (χ1) is 13.4. The molecule has 3 rings (SSSR count). The van der Waals surface area contributed by atoms with E-state index in [2.05, 4.69) is 0 Å². The lowest BCUT2D eigenvalue weighted by Gasteiger charge is -2.30. The van der Waals surface area contributed by atoms with Gasteiger partial charge in [-0.2, -0.15) is 0 Å². The molecular weight excluding hydrogens is 433 g/mol. The lowest BCUT2D eigenvalue weighted by Crippen LogP contribution is -2.25. The average molecular weight is 451 g/mol. The summed E-state index contributed by atoms with van der Waals surface area (Å²) in [5.74, 6) is -0.402. The zero-order valence-electron chi connectivity index (χ0n) is 14.8. The predicted molar refractivity (Wildman–Crippen MR) is 120 cm³/mol. The number of thioether (sulfide) groups is 1. The Bertz CT molecular complexity index is 886. The van der Waals surface area contributed by atoms with E-state index in [0.717, 1.165) is 16.0 Å². The Morgan fingerprint density at radius 1 is 0.750 bits per heavy atom. The van der Waals surface area contributed by atoms with Crippen LogP contribution in [0.25, 0.3) is 0 Å². The van der Waals surface area contributed by atoms with Crippen LogP contribution in [0.4, 0.5) is 0 Å². The number of alkyl halides is 3. The van der Waals surface area contributed by atoms with Crippen LogP contribution < -0.4 is 0 Å². The van der Waals surface area contributed by atoms with Crippen molar-refractivity contribution in [2.24, 2.45) is 0 Å². The molecule has 0 saturated heterocycles. The Balaban J connectivity index is 2.03. The second-order valence-electron chi connectivity index (χ2n) is 6.04. The molecule has 0 spiro atoms. The second kappa shape index (κ2) is 9.71. The van der Waals surface area contributed by atoms with Gasteiger partial charge in [-0.3, -0.25) is 5.41 Å². The number of halogens is 3. The van der Waals surface area contributed by atoms with Crippen molar-refractivity contribution in [2.45, 2.75) is 20.0 Å². The van der Waals surface area contributed by atoms with Crippen LogP contribution in [0.3, 0.4) is 0 Å². The van der Waals surface area contributed by atoms with Crippen molar-refractivity contribution in [1.82, 2.24) is 0 Å². The van der Waals surface area contributed by atoms with Gasteiger partial charge in [0, 0.05) is 4.90 Å². The lowest BCUT2D eigenvalue weighted by atomic mass is 10.0. The third kappa shape index (κ3) is 5.68. The summed E-state index contributed by atoms with van der Waals surface area (Å²) < 4.78 is 4.03. The molecular formula is C22H18Cl3NOS. The highest BCUT2D eigenvalue weighted by Gasteiger charge is 2.35. The molecule has 3 aromatic carbocycles. The van der Waals surface area contributed by atoms with E-state index < -0.39 is 15.8 Å². The van der Waals surface area contributed by atoms with Crippen molar-refractivity contribution in [3.05, 3.63) is 102 Å². The molecule has 28 heavy (non-hydrogen) atoms. The molecule has 0 bridgehead atoms. The summed E-state index contributed by atoms with van der Waals surface area (Å²) in [6, 6.07) is 29.8. The van der Waals surface area contributed by atoms with E-state index in [9.17, 15) is 0 Å². The van der Waals surface area contributed by atoms with Crippen LogP contribution in [-0.2, 0) is 4.74 Å². The van der Waals surface area contributed by atoms with E-state index in [0.29, 0.717) is 0 Å². The lowest BCUT2D eigenvalue weighted by molar-refractivity contribution is 0.182. The molecule has 144 valence electrons. The highest BCUT2D eigenvalue weighted by atomic mass is 35.6. The van der Waals surface area contributed by atoms with Crippen LogP contribution in [-0.4, -0.2) is 9.69 Å². The second-order valence-corrected chi connectivity index (χ2v) is 9.53. The molecule has 2 nitrogen and oxygen atoms in total. The first-order valence-electron chi connectivity index (χ1n) is 8.59. The third-order valence-corrected chi connectivity index (χ3v) is 5.87. The first-order valence-corrected chi connectivity index (χ1v) is 10.6. The highest BCUT2D eigenvalue weighted by Crippen LogP contribution is 2.47. The summed E-state index contributed by atoms with van der Waals surface area (Å²) in [6.45, 7) is 0. The fourth-order valence-corrected chi connectivity index (χ4v) is 4.10. The largest absolute Gasteiger partial charge is 0.468 e. The summed E-state index contributed by atoms with van der Waals surface area (Å²) in [4.78, 5) is 1.08. The molecule has 0 aromatic heterocycles. The molecule has 0 fully saturated rings. The monoisotopic (exact) mass is 449 g/mol. The number of hydrogen-bond donors (Lipinski definition) is 1. The third-order valence-electron chi connectivity index (χ3n) is 4.04. The normalized spacial score (nSPS) is 13.5. The zero-order valence-corrected chi connectivity index (χ0v) is 17.8. The summed E-state index contributed by atoms with van der Waals surface area (Å²) in [5, 5.41) is 7.97. The van der Waals surface area contributed by atoms with E-state index in [1.165, 1.54) is 0 Å². The minimum Gasteiger partial charge on any atom is -0.468 e. The van der Waals surface area contributed by atoms with E-state index in [1.807, 2.05) is 91.0 Å². The van der Waals surface area contributed by atoms with Gasteiger partial charge in [-0.05, 0) is 23.3 Å². The standard InChI is InChI=1S/C22H18Cl3NOS/c23-22(24,25)21(26)27-19(16-10-4-1-5-11-16)20(17-12-6-2-7-13-17)28-18-14-8-3-9-15-18/h1-15,19-20,26H/t19-,20-/m0/s1. The maximum absolute atomic E-state index is 8.13. The summed E-state index contributed by atoms with van der Waals surface area (Å²) in [6.07, 6.45) is -0.517. The number of hydrogen-bond acceptors (Lipinski definition) is 3. The molecule has 0 unspecified atom stereocenters. The molecule has 0 radical (unpaired) electrons. The molecule has 0 aliphatic carbocycles. The van der Waals surface area contributed by atoms with Crippen molar-refractivity contribution in [1.29, 1.82) is 5.41 Å². The van der Waals surface area contributed by atoms with Crippen LogP contribution >= 0.6 is 46.6 Å². The molecule has 0 amide bonds. The van der Waals surface area contributed by atoms with Crippen molar-refractivity contribution in [2.75, 3.05) is 0 Å². The smallest absolute Gasteiger partial charge is 0.265 e. The van der Waals surface area contributed by atoms with E-state index in [1.54, 1.807) is 11.8 Å². The Morgan fingerprint density at radius 2 is 1.21 bits per heavy atom. The van der Waals surface area contributed by atoms with Crippen molar-refractivity contribution in [3.8, 4) is 0 Å². The molecule has 0 saturated carbocycles. The maximum atomic E-state index is 8.13. The van der Waals surface area contributed by atoms with Gasteiger partial charge in [-0.25, -0.2) is 0 Å². The minimum absolute atomic E-state index is 0.154. The SMILES string of the molecule is N=C(O[C@@H](c1ccccc1)[C@@H](Sc1ccccc1)c1ccccc1)C(Cl)(Cl)Cl. The molecule has 6 heteroatoms. The number of rotatable bonds is 6. The van der Waals surface area contributed by atoms with Gasteiger partial charge >= 0.3 is 0 Å². The number of nitrogens with one attached hydrogen (secondary N) is 1. The molecule has 0 aliphatic heterocycles. The van der Waals surface area contributed by atoms with Gasteiger partial charge < -0.3 is 4.74 Å². The highest BCUT2D eigenvalue weighted by molar-refractivity contribution is 7.99. The molecule has 0 heterocycles. The predicted octanol–water partition coefficient (Wildman–Crippen LogP) is 7.63. The first kappa shape index (κ1) is 21.1. The van der Waals surface area contributed by atoms with Gasteiger partial charge in [0.25, 0.3) is 3.79 Å². The average Bonchev–Trinajstić information content (AvgIpc) is 2.72. The van der Waals surface area contributed by atoms with Crippen LogP contribution in [0.15, 0.2) is 95.9 Å². The van der Waals surface area contributed by atoms with E-state index >= 15 is 0 Å². The number of ether oxygens (including phenoxy) is 1. The van der Waals surface area contributed by atoms with Gasteiger partial charge in [0.2, 0.25) is 5.90 Å². The molecule has 1 N–H and O–H groups in total. The van der Waals surface area contributed by atoms with Gasteiger partial charge in [0.05, 0.1) is 5.25 Å². The van der Waals surface area contributed by atoms with Crippen molar-refractivity contribution in [3.63, 3.8) is 0 Å². The van der Waals surface area contributed by atoms with E-state index in [4.69, 9.17) is 44.9 Å². The quantitative estimate of drug-likeness (QED) is 0.181. The van der Waals surface area contributed by atoms with Crippen molar-refractivity contribution >= 4 is 52.5 Å². The van der Waals surface area contributed by atoms with Crippen LogP contribution in [0.2, 0.25) is 0 Å². The molecule has 2 atom stereocenters. The van der Waals surface area contributed by atoms with Crippen LogP contribution in [0.5, 0.6) is 0 Å². The minimum atomic E-state index is -1.92. The number of benzene rings is 3. The van der Waals surface area contributed by atoms with Gasteiger partial charge in [-0.1, -0.05) is 114 Å². The Labute approximate surface area is 184 Å². The van der Waals surface area contributed by atoms with Gasteiger partial charge in [0.1, 0.15) is 6.10 Å². The summed E-state index contributed by atoms with van der Waals surface area (Å²) in [5.41, 5.74) is 1.96. The maximum Gasteiger partial charge on any atom is 0.265 e. The van der Waals surface area contributed by atoms with Crippen LogP contribution in [0.1, 0.15) is 22.5 Å². The van der Waals surface area contributed by atoms with Gasteiger partial charge in [0.15, 0.2) is 0 Å². The Morgan fingerprint density at radius 3 is 1.71 bits per heavy atom. The van der Waals surface area contributed by atoms with Crippen molar-refractivity contribution < 1.29 is 4.74 Å². The molecule has 0 aliphatic rings. The van der Waals surface area contributed by atoms with E-state index in [-0.39, 0.29) is 5.25 Å². The summed E-state index contributed by atoms with van der Waals surface area (Å²) in [7, 11) is 0. The zero-order chi connectivity index (χ0) is 20.0. The topological polar surface area (TPSA) is 33.1 Å². The van der Waals surface area contributed by atoms with Gasteiger partial charge in [-0.15, -0.1) is 11.8 Å². The molecule has 3 aromatic rings. The summed E-state index contributed by atoms with van der Waals surface area (Å²) >= 11 is 19.3. The Hall–Kier alpha value is -1.65. The van der Waals surface area contributed by atoms with Crippen LogP contribution in [0, 0.1) is 5.41 Å². The Kier molecular flexibility index (Phi) is 7.30. The fourth-order valence-electron chi connectivity index (χ4n) is 2.73.